The Morgan fingerprint density at radius 3 is 2.80 bits per heavy atom. The summed E-state index contributed by atoms with van der Waals surface area (Å²) in [4.78, 5) is 10.1. The topological polar surface area (TPSA) is 58.5 Å². The molecule has 5 nitrogen and oxygen atoms in total. The molecular formula is C18H31IN4OS. The molecule has 0 aromatic carbocycles. The van der Waals surface area contributed by atoms with Gasteiger partial charge in [-0.05, 0) is 33.1 Å². The van der Waals surface area contributed by atoms with Crippen LogP contribution < -0.4 is 10.6 Å². The first-order valence-corrected chi connectivity index (χ1v) is 9.99. The van der Waals surface area contributed by atoms with Crippen molar-refractivity contribution in [3.8, 4) is 0 Å². The van der Waals surface area contributed by atoms with Crippen molar-refractivity contribution in [2.24, 2.45) is 10.4 Å². The van der Waals surface area contributed by atoms with E-state index < -0.39 is 0 Å². The predicted octanol–water partition coefficient (Wildman–Crippen LogP) is 3.51. The van der Waals surface area contributed by atoms with Crippen LogP contribution in [0.3, 0.4) is 0 Å². The molecule has 3 rings (SSSR count). The van der Waals surface area contributed by atoms with Gasteiger partial charge in [0.25, 0.3) is 0 Å². The highest BCUT2D eigenvalue weighted by atomic mass is 127. The van der Waals surface area contributed by atoms with Crippen LogP contribution in [0.25, 0.3) is 0 Å². The van der Waals surface area contributed by atoms with E-state index in [1.807, 2.05) is 13.2 Å². The normalized spacial score (nSPS) is 24.7. The van der Waals surface area contributed by atoms with Crippen LogP contribution >= 0.6 is 35.3 Å². The van der Waals surface area contributed by atoms with Gasteiger partial charge in [0, 0.05) is 49.2 Å². The minimum absolute atomic E-state index is 0. The second-order valence-corrected chi connectivity index (χ2v) is 8.25. The van der Waals surface area contributed by atoms with Gasteiger partial charge in [-0.2, -0.15) is 0 Å². The van der Waals surface area contributed by atoms with Crippen LogP contribution in [0.1, 0.15) is 48.9 Å². The molecule has 0 radical (unpaired) electrons. The third kappa shape index (κ3) is 4.66. The van der Waals surface area contributed by atoms with Crippen LogP contribution in [-0.2, 0) is 11.2 Å². The van der Waals surface area contributed by atoms with Crippen LogP contribution in [-0.4, -0.2) is 43.3 Å². The van der Waals surface area contributed by atoms with E-state index in [9.17, 15) is 0 Å². The molecule has 1 spiro atoms. The van der Waals surface area contributed by atoms with Crippen molar-refractivity contribution in [3.05, 3.63) is 16.1 Å². The van der Waals surface area contributed by atoms with Gasteiger partial charge in [-0.15, -0.1) is 35.3 Å². The van der Waals surface area contributed by atoms with Crippen LogP contribution in [0.2, 0.25) is 0 Å². The summed E-state index contributed by atoms with van der Waals surface area (Å²) in [5.41, 5.74) is 0.333. The SMILES string of the molecule is CCOC1CC(NC(=NC)NCCc2ncc(C)s2)C12CCCC2.I. The van der Waals surface area contributed by atoms with Crippen LogP contribution in [0.15, 0.2) is 11.2 Å². The predicted molar refractivity (Wildman–Crippen MR) is 115 cm³/mol. The van der Waals surface area contributed by atoms with Crippen molar-refractivity contribution in [3.63, 3.8) is 0 Å². The van der Waals surface area contributed by atoms with E-state index >= 15 is 0 Å². The molecule has 2 atom stereocenters. The monoisotopic (exact) mass is 478 g/mol. The van der Waals surface area contributed by atoms with Crippen molar-refractivity contribution >= 4 is 41.3 Å². The summed E-state index contributed by atoms with van der Waals surface area (Å²) in [5, 5.41) is 8.28. The molecule has 2 N–H and O–H groups in total. The zero-order chi connectivity index (χ0) is 17.0. The zero-order valence-corrected chi connectivity index (χ0v) is 18.7. The molecule has 142 valence electrons. The minimum atomic E-state index is 0. The maximum Gasteiger partial charge on any atom is 0.191 e. The van der Waals surface area contributed by atoms with E-state index in [-0.39, 0.29) is 24.0 Å². The Hall–Kier alpha value is -0.410. The maximum atomic E-state index is 6.00. The molecule has 25 heavy (non-hydrogen) atoms. The number of halogens is 1. The number of nitrogens with one attached hydrogen (secondary N) is 2. The first-order valence-electron chi connectivity index (χ1n) is 9.18. The Bertz CT molecular complexity index is 571. The molecule has 2 saturated carbocycles. The Balaban J connectivity index is 0.00000225. The lowest BCUT2D eigenvalue weighted by atomic mass is 9.60. The standard InChI is InChI=1S/C18H30N4OS.HI/c1-4-23-15-11-14(18(15)8-5-6-9-18)22-17(19-3)20-10-7-16-21-12-13(2)24-16;/h12,14-15H,4-11H2,1-3H3,(H2,19,20,22);1H. The van der Waals surface area contributed by atoms with E-state index in [1.165, 1.54) is 35.6 Å². The number of nitrogens with zero attached hydrogens (tertiary/aromatic N) is 2. The van der Waals surface area contributed by atoms with Gasteiger partial charge >= 0.3 is 0 Å². The molecule has 2 unspecified atom stereocenters. The molecule has 0 bridgehead atoms. The number of rotatable bonds is 6. The Labute approximate surface area is 172 Å². The summed E-state index contributed by atoms with van der Waals surface area (Å²) in [6.07, 6.45) is 9.64. The van der Waals surface area contributed by atoms with E-state index in [2.05, 4.69) is 34.5 Å². The summed E-state index contributed by atoms with van der Waals surface area (Å²) >= 11 is 1.77. The van der Waals surface area contributed by atoms with Gasteiger partial charge in [0.1, 0.15) is 0 Å². The van der Waals surface area contributed by atoms with E-state index in [0.717, 1.165) is 32.0 Å². The number of ether oxygens (including phenoxy) is 1. The van der Waals surface area contributed by atoms with Crippen molar-refractivity contribution < 1.29 is 4.74 Å². The zero-order valence-electron chi connectivity index (χ0n) is 15.5. The van der Waals surface area contributed by atoms with Gasteiger partial charge in [-0.3, -0.25) is 4.99 Å². The summed E-state index contributed by atoms with van der Waals surface area (Å²) in [6.45, 7) is 5.88. The molecular weight excluding hydrogens is 447 g/mol. The van der Waals surface area contributed by atoms with Gasteiger partial charge < -0.3 is 15.4 Å². The largest absolute Gasteiger partial charge is 0.378 e. The van der Waals surface area contributed by atoms with Crippen molar-refractivity contribution in [1.29, 1.82) is 0 Å². The number of aryl methyl sites for hydroxylation is 1. The van der Waals surface area contributed by atoms with Gasteiger partial charge in [0.05, 0.1) is 11.1 Å². The number of thiazole rings is 1. The van der Waals surface area contributed by atoms with E-state index in [4.69, 9.17) is 4.74 Å². The smallest absolute Gasteiger partial charge is 0.191 e. The van der Waals surface area contributed by atoms with Crippen LogP contribution in [0, 0.1) is 12.3 Å². The van der Waals surface area contributed by atoms with E-state index in [0.29, 0.717) is 17.6 Å². The first-order chi connectivity index (χ1) is 11.7. The lowest BCUT2D eigenvalue weighted by Gasteiger charge is -2.54. The number of aromatic nitrogens is 1. The second kappa shape index (κ2) is 9.50. The molecule has 7 heteroatoms. The van der Waals surface area contributed by atoms with Crippen LogP contribution in [0.5, 0.6) is 0 Å². The second-order valence-electron chi connectivity index (χ2n) is 6.93. The molecule has 1 heterocycles. The molecule has 2 aliphatic carbocycles. The molecule has 0 aliphatic heterocycles. The maximum absolute atomic E-state index is 6.00. The summed E-state index contributed by atoms with van der Waals surface area (Å²) in [7, 11) is 1.85. The fourth-order valence-corrected chi connectivity index (χ4v) is 5.04. The van der Waals surface area contributed by atoms with Gasteiger partial charge in [-0.1, -0.05) is 12.8 Å². The van der Waals surface area contributed by atoms with Gasteiger partial charge in [0.2, 0.25) is 0 Å². The van der Waals surface area contributed by atoms with E-state index in [1.54, 1.807) is 11.3 Å². The first kappa shape index (κ1) is 20.9. The summed E-state index contributed by atoms with van der Waals surface area (Å²) in [5.74, 6) is 0.912. The molecule has 2 aliphatic rings. The van der Waals surface area contributed by atoms with Crippen LogP contribution in [0.4, 0.5) is 0 Å². The molecule has 0 saturated heterocycles. The van der Waals surface area contributed by atoms with Gasteiger partial charge in [0.15, 0.2) is 5.96 Å². The molecule has 2 fully saturated rings. The Morgan fingerprint density at radius 2 is 2.20 bits per heavy atom. The lowest BCUT2D eigenvalue weighted by Crippen LogP contribution is -2.65. The highest BCUT2D eigenvalue weighted by Crippen LogP contribution is 2.54. The third-order valence-electron chi connectivity index (χ3n) is 5.52. The Kier molecular flexibility index (Phi) is 7.94. The number of aliphatic imine (C=N–C) groups is 1. The quantitative estimate of drug-likeness (QED) is 0.373. The summed E-state index contributed by atoms with van der Waals surface area (Å²) in [6, 6.07) is 0.491. The van der Waals surface area contributed by atoms with Crippen molar-refractivity contribution in [1.82, 2.24) is 15.6 Å². The fourth-order valence-electron chi connectivity index (χ4n) is 4.25. The summed E-state index contributed by atoms with van der Waals surface area (Å²) < 4.78 is 6.00. The number of hydrogen-bond donors (Lipinski definition) is 2. The fraction of sp³-hybridized carbons (Fsp3) is 0.778. The van der Waals surface area contributed by atoms with Crippen molar-refractivity contribution in [2.75, 3.05) is 20.2 Å². The van der Waals surface area contributed by atoms with Crippen molar-refractivity contribution in [2.45, 2.75) is 64.5 Å². The third-order valence-corrected chi connectivity index (χ3v) is 6.49. The average Bonchev–Trinajstić information content (AvgIpc) is 3.23. The highest BCUT2D eigenvalue weighted by Gasteiger charge is 2.56. The number of hydrogen-bond acceptors (Lipinski definition) is 4. The Morgan fingerprint density at radius 1 is 1.44 bits per heavy atom. The number of guanidine groups is 1. The van der Waals surface area contributed by atoms with Gasteiger partial charge in [-0.25, -0.2) is 4.98 Å². The molecule has 1 aromatic rings. The molecule has 1 aromatic heterocycles. The lowest BCUT2D eigenvalue weighted by molar-refractivity contribution is -0.125. The highest BCUT2D eigenvalue weighted by molar-refractivity contribution is 14.0. The molecule has 0 amide bonds. The minimum Gasteiger partial charge on any atom is -0.378 e. The average molecular weight is 478 g/mol.